The van der Waals surface area contributed by atoms with Crippen LogP contribution < -0.4 is 9.64 Å². The summed E-state index contributed by atoms with van der Waals surface area (Å²) in [5, 5.41) is 11.4. The lowest BCUT2D eigenvalue weighted by molar-refractivity contribution is -0.132. The van der Waals surface area contributed by atoms with Gasteiger partial charge in [-0.05, 0) is 73.9 Å². The third-order valence-electron chi connectivity index (χ3n) is 6.31. The number of amides is 1. The van der Waals surface area contributed by atoms with Crippen LogP contribution in [0.2, 0.25) is 0 Å². The van der Waals surface area contributed by atoms with Crippen molar-refractivity contribution in [2.75, 3.05) is 18.6 Å². The number of hydrogen-bond acceptors (Lipinski definition) is 6. The van der Waals surface area contributed by atoms with Crippen LogP contribution in [0.3, 0.4) is 0 Å². The monoisotopic (exact) mass is 499 g/mol. The lowest BCUT2D eigenvalue weighted by Gasteiger charge is -2.26. The number of carbonyl (C=O) groups excluding carboxylic acids is 3. The summed E-state index contributed by atoms with van der Waals surface area (Å²) in [4.78, 5) is 40.4. The zero-order valence-electron chi connectivity index (χ0n) is 21.3. The lowest BCUT2D eigenvalue weighted by atomic mass is 9.93. The van der Waals surface area contributed by atoms with Gasteiger partial charge < -0.3 is 14.6 Å². The van der Waals surface area contributed by atoms with Crippen molar-refractivity contribution in [1.82, 2.24) is 0 Å². The van der Waals surface area contributed by atoms with E-state index in [0.717, 1.165) is 5.56 Å². The first kappa shape index (κ1) is 25.7. The largest absolute Gasteiger partial charge is 0.507 e. The molecule has 7 heteroatoms. The number of ether oxygens (including phenoxy) is 2. The summed E-state index contributed by atoms with van der Waals surface area (Å²) >= 11 is 0. The molecule has 7 nitrogen and oxygen atoms in total. The molecule has 0 aromatic heterocycles. The molecule has 37 heavy (non-hydrogen) atoms. The molecule has 1 amide bonds. The highest BCUT2D eigenvalue weighted by atomic mass is 16.5. The molecule has 1 atom stereocenters. The Bertz CT molecular complexity index is 1390. The van der Waals surface area contributed by atoms with Crippen LogP contribution in [0.5, 0.6) is 5.75 Å². The fraction of sp³-hybridized carbons (Fsp3) is 0.233. The summed E-state index contributed by atoms with van der Waals surface area (Å²) in [6.45, 7) is 5.94. The van der Waals surface area contributed by atoms with Gasteiger partial charge in [0.25, 0.3) is 11.7 Å². The number of aryl methyl sites for hydroxylation is 2. The van der Waals surface area contributed by atoms with E-state index in [9.17, 15) is 19.5 Å². The number of nitrogens with zero attached hydrogens (tertiary/aromatic N) is 1. The van der Waals surface area contributed by atoms with Gasteiger partial charge in [0.15, 0.2) is 0 Å². The third-order valence-corrected chi connectivity index (χ3v) is 6.31. The fourth-order valence-corrected chi connectivity index (χ4v) is 4.46. The molecule has 4 rings (SSSR count). The summed E-state index contributed by atoms with van der Waals surface area (Å²) < 4.78 is 10.4. The summed E-state index contributed by atoms with van der Waals surface area (Å²) in [5.74, 6) is -1.65. The van der Waals surface area contributed by atoms with E-state index in [1.807, 2.05) is 38.1 Å². The van der Waals surface area contributed by atoms with E-state index in [2.05, 4.69) is 0 Å². The minimum absolute atomic E-state index is 0.00435. The number of methoxy groups -OCH3 is 1. The van der Waals surface area contributed by atoms with Crippen molar-refractivity contribution >= 4 is 29.1 Å². The maximum atomic E-state index is 13.4. The molecule has 0 bridgehead atoms. The number of esters is 1. The van der Waals surface area contributed by atoms with Gasteiger partial charge in [-0.2, -0.15) is 0 Å². The second-order valence-corrected chi connectivity index (χ2v) is 8.95. The molecule has 3 aromatic rings. The maximum absolute atomic E-state index is 13.4. The quantitative estimate of drug-likeness (QED) is 0.200. The number of aliphatic hydroxyl groups is 1. The van der Waals surface area contributed by atoms with Gasteiger partial charge in [-0.25, -0.2) is 4.79 Å². The van der Waals surface area contributed by atoms with E-state index in [1.165, 1.54) is 4.90 Å². The predicted molar refractivity (Wildman–Crippen MR) is 141 cm³/mol. The zero-order chi connectivity index (χ0) is 26.7. The third kappa shape index (κ3) is 4.98. The Balaban J connectivity index is 1.85. The van der Waals surface area contributed by atoms with Crippen LogP contribution in [-0.2, 0) is 14.3 Å². The second-order valence-electron chi connectivity index (χ2n) is 8.95. The molecule has 1 aliphatic heterocycles. The second kappa shape index (κ2) is 10.7. The number of benzene rings is 3. The molecule has 1 unspecified atom stereocenters. The molecule has 0 saturated carbocycles. The van der Waals surface area contributed by atoms with Crippen LogP contribution in [0.25, 0.3) is 5.76 Å². The zero-order valence-corrected chi connectivity index (χ0v) is 21.3. The van der Waals surface area contributed by atoms with Crippen LogP contribution in [0.1, 0.15) is 52.0 Å². The number of Topliss-reactive ketones (excluding diaryl/α,β-unsaturated/α-hetero) is 1. The lowest BCUT2D eigenvalue weighted by Crippen LogP contribution is -2.29. The molecule has 0 radical (unpaired) electrons. The Kier molecular flexibility index (Phi) is 7.43. The van der Waals surface area contributed by atoms with E-state index in [-0.39, 0.29) is 11.3 Å². The van der Waals surface area contributed by atoms with Crippen LogP contribution in [0, 0.1) is 13.8 Å². The summed E-state index contributed by atoms with van der Waals surface area (Å²) in [7, 11) is 1.55. The minimum Gasteiger partial charge on any atom is -0.507 e. The van der Waals surface area contributed by atoms with Crippen molar-refractivity contribution in [3.05, 3.63) is 100 Å². The first-order valence-corrected chi connectivity index (χ1v) is 12.1. The highest BCUT2D eigenvalue weighted by Gasteiger charge is 2.47. The Morgan fingerprint density at radius 3 is 2.35 bits per heavy atom. The van der Waals surface area contributed by atoms with Crippen molar-refractivity contribution < 1.29 is 29.0 Å². The first-order chi connectivity index (χ1) is 17.8. The molecule has 1 fully saturated rings. The molecule has 190 valence electrons. The van der Waals surface area contributed by atoms with Crippen molar-refractivity contribution in [1.29, 1.82) is 0 Å². The molecule has 1 aliphatic rings. The molecular formula is C30H29NO6. The van der Waals surface area contributed by atoms with Gasteiger partial charge in [0.1, 0.15) is 11.5 Å². The Morgan fingerprint density at radius 2 is 1.73 bits per heavy atom. The molecule has 1 N–H and O–H groups in total. The van der Waals surface area contributed by atoms with E-state index in [4.69, 9.17) is 9.47 Å². The van der Waals surface area contributed by atoms with Crippen LogP contribution >= 0.6 is 0 Å². The van der Waals surface area contributed by atoms with Crippen molar-refractivity contribution in [2.24, 2.45) is 0 Å². The summed E-state index contributed by atoms with van der Waals surface area (Å²) in [5.41, 5.74) is 3.51. The summed E-state index contributed by atoms with van der Waals surface area (Å²) in [6, 6.07) is 18.1. The van der Waals surface area contributed by atoms with Gasteiger partial charge in [0, 0.05) is 11.3 Å². The number of aliphatic hydroxyl groups excluding tert-OH is 1. The fourth-order valence-electron chi connectivity index (χ4n) is 4.46. The highest BCUT2D eigenvalue weighted by Crippen LogP contribution is 2.43. The smallest absolute Gasteiger partial charge is 0.338 e. The van der Waals surface area contributed by atoms with E-state index >= 15 is 0 Å². The topological polar surface area (TPSA) is 93.1 Å². The van der Waals surface area contributed by atoms with Gasteiger partial charge in [0.2, 0.25) is 0 Å². The molecule has 0 spiro atoms. The SMILES string of the molecule is CCCOC(=O)c1ccc(N2C(=O)C(=O)/C(=C(\O)c3ccc(OC)cc3C)C2c2cccc(C)c2)cc1. The first-order valence-electron chi connectivity index (χ1n) is 12.1. The van der Waals surface area contributed by atoms with Crippen LogP contribution in [-0.4, -0.2) is 36.5 Å². The number of carbonyl (C=O) groups is 3. The molecule has 1 saturated heterocycles. The maximum Gasteiger partial charge on any atom is 0.338 e. The Labute approximate surface area is 215 Å². The standard InChI is InChI=1S/C30H29NO6/c1-5-15-37-30(35)20-9-11-22(12-10-20)31-26(21-8-6-7-18(2)16-21)25(28(33)29(31)34)27(32)24-14-13-23(36-4)17-19(24)3/h6-14,16-17,26,32H,5,15H2,1-4H3/b27-25-. The molecule has 0 aliphatic carbocycles. The van der Waals surface area contributed by atoms with Crippen molar-refractivity contribution in [2.45, 2.75) is 33.2 Å². The van der Waals surface area contributed by atoms with E-state index in [0.29, 0.717) is 46.7 Å². The van der Waals surface area contributed by atoms with Crippen molar-refractivity contribution in [3.8, 4) is 5.75 Å². The van der Waals surface area contributed by atoms with E-state index in [1.54, 1.807) is 56.5 Å². The van der Waals surface area contributed by atoms with Crippen LogP contribution in [0.15, 0.2) is 72.3 Å². The molecule has 3 aromatic carbocycles. The van der Waals surface area contributed by atoms with Gasteiger partial charge in [0.05, 0.1) is 30.9 Å². The Hall–Kier alpha value is -4.39. The molecular weight excluding hydrogens is 470 g/mol. The van der Waals surface area contributed by atoms with Crippen molar-refractivity contribution in [3.63, 3.8) is 0 Å². The predicted octanol–water partition coefficient (Wildman–Crippen LogP) is 5.51. The summed E-state index contributed by atoms with van der Waals surface area (Å²) in [6.07, 6.45) is 0.707. The van der Waals surface area contributed by atoms with Gasteiger partial charge in [-0.1, -0.05) is 36.8 Å². The highest BCUT2D eigenvalue weighted by molar-refractivity contribution is 6.51. The average molecular weight is 500 g/mol. The van der Waals surface area contributed by atoms with E-state index < -0.39 is 23.7 Å². The average Bonchev–Trinajstić information content (AvgIpc) is 3.17. The number of rotatable bonds is 7. The number of ketones is 1. The molecule has 1 heterocycles. The minimum atomic E-state index is -0.862. The van der Waals surface area contributed by atoms with Crippen LogP contribution in [0.4, 0.5) is 5.69 Å². The number of hydrogen-bond donors (Lipinski definition) is 1. The Morgan fingerprint density at radius 1 is 1.00 bits per heavy atom. The van der Waals surface area contributed by atoms with Gasteiger partial charge in [-0.15, -0.1) is 0 Å². The van der Waals surface area contributed by atoms with Gasteiger partial charge >= 0.3 is 5.97 Å². The van der Waals surface area contributed by atoms with Gasteiger partial charge in [-0.3, -0.25) is 14.5 Å². The number of anilines is 1. The normalized spacial score (nSPS) is 16.6.